The summed E-state index contributed by atoms with van der Waals surface area (Å²) >= 11 is 0. The highest BCUT2D eigenvalue weighted by molar-refractivity contribution is 5.82. The van der Waals surface area contributed by atoms with E-state index in [1.807, 2.05) is 20.8 Å². The van der Waals surface area contributed by atoms with Crippen molar-refractivity contribution < 1.29 is 22.8 Å². The number of carbonyl (C=O) groups is 2. The molecular weight excluding hydrogens is 409 g/mol. The second-order valence-electron chi connectivity index (χ2n) is 5.13. The molecule has 9 heteroatoms. The van der Waals surface area contributed by atoms with E-state index in [1.54, 1.807) is 20.0 Å². The number of nitrogens with one attached hydrogen (secondary N) is 2. The molecule has 0 saturated carbocycles. The van der Waals surface area contributed by atoms with Crippen molar-refractivity contribution in [2.75, 3.05) is 18.9 Å². The lowest BCUT2D eigenvalue weighted by Crippen LogP contribution is -1.92. The van der Waals surface area contributed by atoms with E-state index < -0.39 is 17.2 Å². The van der Waals surface area contributed by atoms with Crippen molar-refractivity contribution in [1.82, 2.24) is 10.2 Å². The van der Waals surface area contributed by atoms with Gasteiger partial charge in [0.1, 0.15) is 17.3 Å². The maximum Gasteiger partial charge on any atom is 0.172 e. The summed E-state index contributed by atoms with van der Waals surface area (Å²) in [5.41, 5.74) is 6.48. The zero-order valence-electron chi connectivity index (χ0n) is 18.9. The van der Waals surface area contributed by atoms with Gasteiger partial charge in [-0.2, -0.15) is 5.10 Å². The molecular formula is C22H33F3N4O2. The Balaban J connectivity index is -0.000000351. The van der Waals surface area contributed by atoms with Gasteiger partial charge in [0.25, 0.3) is 0 Å². The molecule has 174 valence electrons. The summed E-state index contributed by atoms with van der Waals surface area (Å²) in [4.78, 5) is 20.2. The minimum absolute atomic E-state index is 0.120. The van der Waals surface area contributed by atoms with Crippen LogP contribution in [0.4, 0.5) is 18.9 Å². The van der Waals surface area contributed by atoms with Gasteiger partial charge >= 0.3 is 0 Å². The molecule has 0 spiro atoms. The number of aryl methyl sites for hydroxylation is 1. The van der Waals surface area contributed by atoms with Crippen molar-refractivity contribution in [2.24, 2.45) is 5.73 Å². The zero-order chi connectivity index (χ0) is 24.8. The Morgan fingerprint density at radius 2 is 1.68 bits per heavy atom. The fourth-order valence-corrected chi connectivity index (χ4v) is 1.47. The third kappa shape index (κ3) is 15.3. The number of benzene rings is 1. The second kappa shape index (κ2) is 21.5. The molecule has 0 fully saturated rings. The van der Waals surface area contributed by atoms with Crippen LogP contribution in [0.15, 0.2) is 42.8 Å². The van der Waals surface area contributed by atoms with Gasteiger partial charge in [-0.25, -0.2) is 13.2 Å². The van der Waals surface area contributed by atoms with Crippen LogP contribution in [0.25, 0.3) is 0 Å². The predicted octanol–water partition coefficient (Wildman–Crippen LogP) is 5.39. The summed E-state index contributed by atoms with van der Waals surface area (Å²) in [5, 5.41) is 9.31. The van der Waals surface area contributed by atoms with Crippen LogP contribution >= 0.6 is 0 Å². The predicted molar refractivity (Wildman–Crippen MR) is 121 cm³/mol. The minimum Gasteiger partial charge on any atom is -0.385 e. The lowest BCUT2D eigenvalue weighted by molar-refractivity contribution is 0.111. The number of aromatic amines is 1. The first-order chi connectivity index (χ1) is 14.7. The molecule has 2 aromatic rings. The SMILES string of the molecule is C/C=C(\C)F.C=CCN.CC.CNc1c(C=O)n[nH]c1C.O=Cc1c(F)cccc1F. The molecule has 0 radical (unpaired) electrons. The Hall–Kier alpha value is -3.20. The Kier molecular flexibility index (Phi) is 22.5. The summed E-state index contributed by atoms with van der Waals surface area (Å²) in [6.45, 7) is 12.9. The zero-order valence-corrected chi connectivity index (χ0v) is 18.9. The van der Waals surface area contributed by atoms with Crippen molar-refractivity contribution in [3.8, 4) is 0 Å². The molecule has 6 nitrogen and oxygen atoms in total. The molecule has 0 aliphatic rings. The van der Waals surface area contributed by atoms with E-state index in [-0.39, 0.29) is 12.1 Å². The summed E-state index contributed by atoms with van der Waals surface area (Å²) < 4.78 is 36.1. The molecule has 1 aromatic carbocycles. The lowest BCUT2D eigenvalue weighted by Gasteiger charge is -1.94. The topological polar surface area (TPSA) is 101 Å². The van der Waals surface area contributed by atoms with E-state index in [0.717, 1.165) is 29.8 Å². The van der Waals surface area contributed by atoms with Gasteiger partial charge in [0.15, 0.2) is 12.6 Å². The van der Waals surface area contributed by atoms with Gasteiger partial charge in [0.2, 0.25) is 0 Å². The van der Waals surface area contributed by atoms with Crippen LogP contribution in [0.2, 0.25) is 0 Å². The number of H-pyrrole nitrogens is 1. The first-order valence-electron chi connectivity index (χ1n) is 9.40. The Morgan fingerprint density at radius 3 is 1.90 bits per heavy atom. The quantitative estimate of drug-likeness (QED) is 0.436. The van der Waals surface area contributed by atoms with E-state index in [4.69, 9.17) is 5.73 Å². The van der Waals surface area contributed by atoms with E-state index in [0.29, 0.717) is 12.2 Å². The molecule has 0 unspecified atom stereocenters. The van der Waals surface area contributed by atoms with Gasteiger partial charge in [0, 0.05) is 13.6 Å². The highest BCUT2D eigenvalue weighted by Crippen LogP contribution is 2.13. The van der Waals surface area contributed by atoms with Crippen molar-refractivity contribution in [2.45, 2.75) is 34.6 Å². The fraction of sp³-hybridized carbons (Fsp3) is 0.318. The second-order valence-corrected chi connectivity index (χ2v) is 5.13. The van der Waals surface area contributed by atoms with E-state index in [9.17, 15) is 22.8 Å². The van der Waals surface area contributed by atoms with Crippen molar-refractivity contribution >= 4 is 18.3 Å². The van der Waals surface area contributed by atoms with E-state index in [2.05, 4.69) is 22.1 Å². The van der Waals surface area contributed by atoms with Crippen LogP contribution in [0, 0.1) is 18.6 Å². The van der Waals surface area contributed by atoms with E-state index in [1.165, 1.54) is 19.1 Å². The summed E-state index contributed by atoms with van der Waals surface area (Å²) in [5.74, 6) is -1.77. The maximum atomic E-state index is 12.4. The molecule has 0 aliphatic carbocycles. The molecule has 4 N–H and O–H groups in total. The van der Waals surface area contributed by atoms with Crippen LogP contribution in [0.5, 0.6) is 0 Å². The first kappa shape index (κ1) is 32.5. The van der Waals surface area contributed by atoms with Crippen LogP contribution in [-0.4, -0.2) is 36.4 Å². The number of nitrogens with zero attached hydrogens (tertiary/aromatic N) is 1. The number of halogens is 3. The van der Waals surface area contributed by atoms with Crippen molar-refractivity contribution in [1.29, 1.82) is 0 Å². The molecule has 0 amide bonds. The molecule has 0 atom stereocenters. The molecule has 0 aliphatic heterocycles. The molecule has 1 aromatic heterocycles. The average Bonchev–Trinajstić information content (AvgIpc) is 3.15. The summed E-state index contributed by atoms with van der Waals surface area (Å²) in [7, 11) is 1.75. The van der Waals surface area contributed by atoms with Gasteiger partial charge in [-0.3, -0.25) is 14.7 Å². The number of nitrogens with two attached hydrogens (primary N) is 1. The number of hydrogen-bond acceptors (Lipinski definition) is 5. The Bertz CT molecular complexity index is 767. The Morgan fingerprint density at radius 1 is 1.23 bits per heavy atom. The Labute approximate surface area is 182 Å². The number of hydrogen-bond donors (Lipinski definition) is 3. The normalized spacial score (nSPS) is 9.03. The van der Waals surface area contributed by atoms with Crippen LogP contribution in [-0.2, 0) is 0 Å². The van der Waals surface area contributed by atoms with Gasteiger partial charge in [-0.1, -0.05) is 32.1 Å². The monoisotopic (exact) mass is 442 g/mol. The fourth-order valence-electron chi connectivity index (χ4n) is 1.47. The van der Waals surface area contributed by atoms with Gasteiger partial charge in [0.05, 0.1) is 22.8 Å². The van der Waals surface area contributed by atoms with Gasteiger partial charge < -0.3 is 11.1 Å². The largest absolute Gasteiger partial charge is 0.385 e. The maximum absolute atomic E-state index is 12.4. The van der Waals surface area contributed by atoms with Gasteiger partial charge in [-0.05, 0) is 32.9 Å². The summed E-state index contributed by atoms with van der Waals surface area (Å²) in [6, 6.07) is 3.28. The van der Waals surface area contributed by atoms with E-state index >= 15 is 0 Å². The van der Waals surface area contributed by atoms with Crippen LogP contribution < -0.4 is 11.1 Å². The number of rotatable bonds is 4. The highest BCUT2D eigenvalue weighted by Gasteiger charge is 2.05. The molecule has 2 rings (SSSR count). The minimum atomic E-state index is -0.824. The first-order valence-corrected chi connectivity index (χ1v) is 9.40. The number of carbonyl (C=O) groups excluding carboxylic acids is 2. The lowest BCUT2D eigenvalue weighted by atomic mass is 10.2. The standard InChI is InChI=1S/C7H4F2O.C6H9N3O.C4H7F.C3H7N.C2H6/c8-6-2-1-3-7(9)5(6)4-10;1-4-6(7-2)5(3-10)9-8-4;1-3-4(2)5;1-2-3-4;1-2/h1-4H;3,7H,1-2H3,(H,8,9);3H,1-2H3;2H,1,3-4H2;1-2H3/b;;4-3+;;. The number of aldehydes is 2. The number of allylic oxidation sites excluding steroid dienone is 2. The average molecular weight is 443 g/mol. The molecule has 1 heterocycles. The number of aromatic nitrogens is 2. The summed E-state index contributed by atoms with van der Waals surface area (Å²) in [6.07, 6.45) is 3.94. The van der Waals surface area contributed by atoms with Gasteiger partial charge in [-0.15, -0.1) is 6.58 Å². The van der Waals surface area contributed by atoms with Crippen LogP contribution in [0.1, 0.15) is 54.2 Å². The number of anilines is 1. The third-order valence-electron chi connectivity index (χ3n) is 3.02. The highest BCUT2D eigenvalue weighted by atomic mass is 19.1. The van der Waals surface area contributed by atoms with Crippen molar-refractivity contribution in [3.63, 3.8) is 0 Å². The van der Waals surface area contributed by atoms with Crippen LogP contribution in [0.3, 0.4) is 0 Å². The van der Waals surface area contributed by atoms with Crippen molar-refractivity contribution in [3.05, 3.63) is 71.3 Å². The smallest absolute Gasteiger partial charge is 0.172 e. The molecule has 0 saturated heterocycles. The third-order valence-corrected chi connectivity index (χ3v) is 3.02. The molecule has 31 heavy (non-hydrogen) atoms. The molecule has 0 bridgehead atoms.